The van der Waals surface area contributed by atoms with E-state index in [-0.39, 0.29) is 6.04 Å². The standard InChI is InChI=1S/C12H13Cl3N4/c1-2-19-12(10(15)6-17-19)11(18-16)7-3-8(13)5-9(14)4-7/h3-6,11,18H,2,16H2,1H3. The number of hydrazine groups is 1. The fourth-order valence-corrected chi connectivity index (χ4v) is 2.78. The van der Waals surface area contributed by atoms with Crippen molar-refractivity contribution in [3.8, 4) is 0 Å². The third-order valence-electron chi connectivity index (χ3n) is 2.79. The van der Waals surface area contributed by atoms with E-state index in [1.54, 1.807) is 29.1 Å². The molecule has 0 radical (unpaired) electrons. The molecule has 0 aliphatic rings. The lowest BCUT2D eigenvalue weighted by atomic mass is 10.0. The molecule has 1 aromatic heterocycles. The van der Waals surface area contributed by atoms with Gasteiger partial charge in [-0.2, -0.15) is 5.10 Å². The Morgan fingerprint density at radius 3 is 2.42 bits per heavy atom. The van der Waals surface area contributed by atoms with Crippen LogP contribution in [0.15, 0.2) is 24.4 Å². The van der Waals surface area contributed by atoms with Gasteiger partial charge in [-0.3, -0.25) is 10.5 Å². The molecule has 4 nitrogen and oxygen atoms in total. The lowest BCUT2D eigenvalue weighted by Crippen LogP contribution is -2.31. The summed E-state index contributed by atoms with van der Waals surface area (Å²) in [6.07, 6.45) is 1.59. The highest BCUT2D eigenvalue weighted by Gasteiger charge is 2.21. The Morgan fingerprint density at radius 1 is 1.26 bits per heavy atom. The largest absolute Gasteiger partial charge is 0.271 e. The van der Waals surface area contributed by atoms with Crippen molar-refractivity contribution in [2.24, 2.45) is 5.84 Å². The number of aryl methyl sites for hydroxylation is 1. The van der Waals surface area contributed by atoms with Gasteiger partial charge in [0.25, 0.3) is 0 Å². The lowest BCUT2D eigenvalue weighted by Gasteiger charge is -2.19. The van der Waals surface area contributed by atoms with E-state index in [1.807, 2.05) is 6.92 Å². The zero-order valence-corrected chi connectivity index (χ0v) is 12.5. The van der Waals surface area contributed by atoms with Crippen molar-refractivity contribution in [2.75, 3.05) is 0 Å². The highest BCUT2D eigenvalue weighted by molar-refractivity contribution is 6.34. The van der Waals surface area contributed by atoms with Gasteiger partial charge in [0, 0.05) is 16.6 Å². The van der Waals surface area contributed by atoms with Gasteiger partial charge in [0.2, 0.25) is 0 Å². The molecule has 0 bridgehead atoms. The first kappa shape index (κ1) is 14.6. The van der Waals surface area contributed by atoms with E-state index in [0.717, 1.165) is 11.3 Å². The predicted octanol–water partition coefficient (Wildman–Crippen LogP) is 3.42. The maximum absolute atomic E-state index is 6.18. The summed E-state index contributed by atoms with van der Waals surface area (Å²) >= 11 is 18.2. The van der Waals surface area contributed by atoms with Crippen molar-refractivity contribution < 1.29 is 0 Å². The minimum absolute atomic E-state index is 0.328. The average molecular weight is 320 g/mol. The SMILES string of the molecule is CCn1ncc(Cl)c1C(NN)c1cc(Cl)cc(Cl)c1. The Morgan fingerprint density at radius 2 is 1.89 bits per heavy atom. The van der Waals surface area contributed by atoms with Crippen molar-refractivity contribution >= 4 is 34.8 Å². The number of hydrogen-bond donors (Lipinski definition) is 2. The second kappa shape index (κ2) is 6.11. The number of nitrogens with zero attached hydrogens (tertiary/aromatic N) is 2. The molecule has 0 aliphatic heterocycles. The van der Waals surface area contributed by atoms with Crippen LogP contribution in [-0.4, -0.2) is 9.78 Å². The topological polar surface area (TPSA) is 55.9 Å². The van der Waals surface area contributed by atoms with Crippen LogP contribution in [0, 0.1) is 0 Å². The molecule has 0 aliphatic carbocycles. The summed E-state index contributed by atoms with van der Waals surface area (Å²) in [5, 5.41) is 5.83. The fraction of sp³-hybridized carbons (Fsp3) is 0.250. The number of rotatable bonds is 4. The van der Waals surface area contributed by atoms with Gasteiger partial charge in [0.15, 0.2) is 0 Å². The zero-order valence-electron chi connectivity index (χ0n) is 10.2. The molecule has 1 unspecified atom stereocenters. The highest BCUT2D eigenvalue weighted by Crippen LogP contribution is 2.31. The van der Waals surface area contributed by atoms with Gasteiger partial charge >= 0.3 is 0 Å². The molecule has 2 aromatic rings. The van der Waals surface area contributed by atoms with Crippen LogP contribution < -0.4 is 11.3 Å². The lowest BCUT2D eigenvalue weighted by molar-refractivity contribution is 0.543. The molecule has 1 heterocycles. The van der Waals surface area contributed by atoms with Gasteiger partial charge in [-0.1, -0.05) is 34.8 Å². The van der Waals surface area contributed by atoms with Crippen LogP contribution in [0.3, 0.4) is 0 Å². The molecule has 0 spiro atoms. The van der Waals surface area contributed by atoms with E-state index in [9.17, 15) is 0 Å². The van der Waals surface area contributed by atoms with E-state index in [4.69, 9.17) is 40.6 Å². The Bertz CT molecular complexity index is 562. The third-order valence-corrected chi connectivity index (χ3v) is 3.52. The van der Waals surface area contributed by atoms with Crippen LogP contribution in [0.4, 0.5) is 0 Å². The fourth-order valence-electron chi connectivity index (χ4n) is 1.99. The molecule has 1 aromatic carbocycles. The zero-order chi connectivity index (χ0) is 14.0. The maximum Gasteiger partial charge on any atom is 0.0894 e. The summed E-state index contributed by atoms with van der Waals surface area (Å²) in [5.74, 6) is 5.65. The van der Waals surface area contributed by atoms with Crippen molar-refractivity contribution in [1.82, 2.24) is 15.2 Å². The quantitative estimate of drug-likeness (QED) is 0.670. The second-order valence-electron chi connectivity index (χ2n) is 4.00. The Hall–Kier alpha value is -0.780. The summed E-state index contributed by atoms with van der Waals surface area (Å²) < 4.78 is 1.78. The van der Waals surface area contributed by atoms with Crippen molar-refractivity contribution in [1.29, 1.82) is 0 Å². The summed E-state index contributed by atoms with van der Waals surface area (Å²) in [5.41, 5.74) is 4.34. The van der Waals surface area contributed by atoms with Gasteiger partial charge in [-0.15, -0.1) is 0 Å². The molecule has 7 heteroatoms. The molecule has 1 atom stereocenters. The van der Waals surface area contributed by atoms with Crippen LogP contribution in [0.5, 0.6) is 0 Å². The Kier molecular flexibility index (Phi) is 4.71. The molecule has 2 rings (SSSR count). The van der Waals surface area contributed by atoms with Crippen molar-refractivity contribution in [3.05, 3.63) is 50.7 Å². The first-order chi connectivity index (χ1) is 9.06. The van der Waals surface area contributed by atoms with Crippen molar-refractivity contribution in [3.63, 3.8) is 0 Å². The Balaban J connectivity index is 2.52. The number of hydrogen-bond acceptors (Lipinski definition) is 3. The minimum Gasteiger partial charge on any atom is -0.271 e. The summed E-state index contributed by atoms with van der Waals surface area (Å²) in [6, 6.07) is 4.92. The van der Waals surface area contributed by atoms with E-state index >= 15 is 0 Å². The molecule has 19 heavy (non-hydrogen) atoms. The molecular formula is C12H13Cl3N4. The summed E-state index contributed by atoms with van der Waals surface area (Å²) in [6.45, 7) is 2.67. The molecular weight excluding hydrogens is 307 g/mol. The van der Waals surface area contributed by atoms with Gasteiger partial charge in [-0.05, 0) is 30.7 Å². The smallest absolute Gasteiger partial charge is 0.0894 e. The highest BCUT2D eigenvalue weighted by atomic mass is 35.5. The molecule has 0 amide bonds. The maximum atomic E-state index is 6.18. The number of nitrogens with one attached hydrogen (secondary N) is 1. The van der Waals surface area contributed by atoms with Crippen LogP contribution in [0.25, 0.3) is 0 Å². The monoisotopic (exact) mass is 318 g/mol. The summed E-state index contributed by atoms with van der Waals surface area (Å²) in [7, 11) is 0. The Labute approximate surface area is 126 Å². The van der Waals surface area contributed by atoms with E-state index in [1.165, 1.54) is 0 Å². The van der Waals surface area contributed by atoms with E-state index in [0.29, 0.717) is 21.6 Å². The number of benzene rings is 1. The molecule has 0 fully saturated rings. The van der Waals surface area contributed by atoms with E-state index < -0.39 is 0 Å². The summed E-state index contributed by atoms with van der Waals surface area (Å²) in [4.78, 5) is 0. The number of halogens is 3. The molecule has 0 saturated carbocycles. The molecule has 102 valence electrons. The number of nitrogens with two attached hydrogens (primary N) is 1. The normalized spacial score (nSPS) is 12.7. The van der Waals surface area contributed by atoms with Crippen LogP contribution in [0.2, 0.25) is 15.1 Å². The van der Waals surface area contributed by atoms with E-state index in [2.05, 4.69) is 10.5 Å². The first-order valence-corrected chi connectivity index (χ1v) is 6.83. The minimum atomic E-state index is -0.328. The first-order valence-electron chi connectivity index (χ1n) is 5.70. The molecule has 0 saturated heterocycles. The van der Waals surface area contributed by atoms with Crippen LogP contribution >= 0.6 is 34.8 Å². The van der Waals surface area contributed by atoms with Gasteiger partial charge in [-0.25, -0.2) is 5.43 Å². The third kappa shape index (κ3) is 3.04. The molecule has 3 N–H and O–H groups in total. The predicted molar refractivity (Wildman–Crippen MR) is 78.5 cm³/mol. The second-order valence-corrected chi connectivity index (χ2v) is 5.28. The van der Waals surface area contributed by atoms with Gasteiger partial charge in [0.1, 0.15) is 0 Å². The average Bonchev–Trinajstić information content (AvgIpc) is 2.71. The van der Waals surface area contributed by atoms with Crippen molar-refractivity contribution in [2.45, 2.75) is 19.5 Å². The van der Waals surface area contributed by atoms with Gasteiger partial charge in [0.05, 0.1) is 23.0 Å². The van der Waals surface area contributed by atoms with Crippen LogP contribution in [0.1, 0.15) is 24.2 Å². The number of aromatic nitrogens is 2. The van der Waals surface area contributed by atoms with Crippen LogP contribution in [-0.2, 0) is 6.54 Å². The van der Waals surface area contributed by atoms with Gasteiger partial charge < -0.3 is 0 Å².